The lowest BCUT2D eigenvalue weighted by Crippen LogP contribution is -2.30. The Labute approximate surface area is 177 Å². The molecule has 0 N–H and O–H groups in total. The van der Waals surface area contributed by atoms with Gasteiger partial charge in [0.2, 0.25) is 0 Å². The van der Waals surface area contributed by atoms with E-state index in [9.17, 15) is 9.36 Å². The minimum Gasteiger partial charge on any atom is -0.455 e. The molecule has 4 rings (SSSR count). The van der Waals surface area contributed by atoms with Crippen molar-refractivity contribution in [2.24, 2.45) is 0 Å². The molecule has 1 aliphatic rings. The molecule has 30 heavy (non-hydrogen) atoms. The minimum absolute atomic E-state index is 0.229. The molecule has 0 saturated carbocycles. The van der Waals surface area contributed by atoms with Gasteiger partial charge in [-0.1, -0.05) is 78.4 Å². The van der Waals surface area contributed by atoms with Gasteiger partial charge in [-0.3, -0.25) is 0 Å². The highest BCUT2D eigenvalue weighted by atomic mass is 31.2. The van der Waals surface area contributed by atoms with Gasteiger partial charge >= 0.3 is 5.97 Å². The molecule has 3 aromatic carbocycles. The maximum atomic E-state index is 14.7. The van der Waals surface area contributed by atoms with Crippen LogP contribution in [0.2, 0.25) is 0 Å². The average Bonchev–Trinajstić information content (AvgIpc) is 2.80. The molecule has 0 amide bonds. The lowest BCUT2D eigenvalue weighted by molar-refractivity contribution is 0.0369. The van der Waals surface area contributed by atoms with E-state index >= 15 is 0 Å². The molecule has 3 aromatic rings. The standard InChI is InChI=1S/C26H25O3P/c1-20-11-10-12-21(19-20)29-26(27)24-17-8-9-18-25(24)30(28,22-13-4-2-5-14-22)23-15-6-3-7-16-23/h2-9,13-19,21H,10-12H2,1H3/t21-/m0/s1. The maximum absolute atomic E-state index is 14.7. The highest BCUT2D eigenvalue weighted by Gasteiger charge is 2.34. The van der Waals surface area contributed by atoms with Crippen LogP contribution < -0.4 is 15.9 Å². The SMILES string of the molecule is CC1=C[C@@H](OC(=O)c2ccccc2P(=O)(c2ccccc2)c2ccccc2)CCC1. The van der Waals surface area contributed by atoms with Crippen LogP contribution in [0.15, 0.2) is 96.6 Å². The quantitative estimate of drug-likeness (QED) is 0.335. The van der Waals surface area contributed by atoms with Crippen molar-refractivity contribution in [1.29, 1.82) is 0 Å². The molecule has 0 radical (unpaired) electrons. The zero-order valence-corrected chi connectivity index (χ0v) is 17.9. The molecule has 0 aliphatic heterocycles. The van der Waals surface area contributed by atoms with Crippen molar-refractivity contribution in [3.63, 3.8) is 0 Å². The van der Waals surface area contributed by atoms with Crippen LogP contribution in [-0.2, 0) is 9.30 Å². The van der Waals surface area contributed by atoms with E-state index in [1.165, 1.54) is 5.57 Å². The number of rotatable bonds is 5. The van der Waals surface area contributed by atoms with Crippen molar-refractivity contribution >= 4 is 29.0 Å². The number of carbonyl (C=O) groups excluding carboxylic acids is 1. The predicted octanol–water partition coefficient (Wildman–Crippen LogP) is 4.98. The Morgan fingerprint density at radius 1 is 0.867 bits per heavy atom. The summed E-state index contributed by atoms with van der Waals surface area (Å²) in [6.07, 6.45) is 4.67. The fourth-order valence-electron chi connectivity index (χ4n) is 3.98. The fraction of sp³-hybridized carbons (Fsp3) is 0.192. The summed E-state index contributed by atoms with van der Waals surface area (Å²) in [4.78, 5) is 13.2. The van der Waals surface area contributed by atoms with Crippen LogP contribution in [0.1, 0.15) is 36.5 Å². The van der Waals surface area contributed by atoms with Gasteiger partial charge in [0.1, 0.15) is 6.10 Å². The Hall–Kier alpha value is -2.90. The lowest BCUT2D eigenvalue weighted by atomic mass is 9.99. The first kappa shape index (κ1) is 20.4. The van der Waals surface area contributed by atoms with Crippen molar-refractivity contribution in [3.8, 4) is 0 Å². The van der Waals surface area contributed by atoms with Crippen LogP contribution in [0.5, 0.6) is 0 Å². The van der Waals surface area contributed by atoms with Crippen LogP contribution in [0, 0.1) is 0 Å². The third-order valence-electron chi connectivity index (χ3n) is 5.49. The molecular formula is C26H25O3P. The van der Waals surface area contributed by atoms with E-state index < -0.39 is 13.1 Å². The molecule has 4 heteroatoms. The summed E-state index contributed by atoms with van der Waals surface area (Å²) in [6.45, 7) is 2.06. The summed E-state index contributed by atoms with van der Waals surface area (Å²) in [7, 11) is -3.25. The monoisotopic (exact) mass is 416 g/mol. The van der Waals surface area contributed by atoms with Crippen molar-refractivity contribution < 1.29 is 14.1 Å². The average molecular weight is 416 g/mol. The first-order valence-electron chi connectivity index (χ1n) is 10.3. The summed E-state index contributed by atoms with van der Waals surface area (Å²) in [6, 6.07) is 25.9. The summed E-state index contributed by atoms with van der Waals surface area (Å²) < 4.78 is 20.5. The molecule has 0 saturated heterocycles. The van der Waals surface area contributed by atoms with Crippen molar-refractivity contribution in [1.82, 2.24) is 0 Å². The Balaban J connectivity index is 1.81. The van der Waals surface area contributed by atoms with Gasteiger partial charge in [0.25, 0.3) is 0 Å². The smallest absolute Gasteiger partial charge is 0.339 e. The third-order valence-corrected chi connectivity index (χ3v) is 8.61. The number of carbonyl (C=O) groups is 1. The maximum Gasteiger partial charge on any atom is 0.339 e. The Morgan fingerprint density at radius 3 is 2.03 bits per heavy atom. The predicted molar refractivity (Wildman–Crippen MR) is 123 cm³/mol. The highest BCUT2D eigenvalue weighted by molar-refractivity contribution is 7.85. The zero-order chi connectivity index (χ0) is 21.0. The van der Waals surface area contributed by atoms with Crippen molar-refractivity contribution in [2.75, 3.05) is 0 Å². The van der Waals surface area contributed by atoms with Gasteiger partial charge in [-0.2, -0.15) is 0 Å². The van der Waals surface area contributed by atoms with E-state index in [0.717, 1.165) is 19.3 Å². The molecule has 1 aliphatic carbocycles. The summed E-state index contributed by atoms with van der Waals surface area (Å²) in [5.41, 5.74) is 1.61. The zero-order valence-electron chi connectivity index (χ0n) is 17.0. The number of allylic oxidation sites excluding steroid dienone is 1. The number of esters is 1. The molecule has 152 valence electrons. The molecular weight excluding hydrogens is 391 g/mol. The van der Waals surface area contributed by atoms with Crippen LogP contribution >= 0.6 is 7.14 Å². The van der Waals surface area contributed by atoms with E-state index in [4.69, 9.17) is 4.74 Å². The van der Waals surface area contributed by atoms with E-state index in [1.54, 1.807) is 18.2 Å². The van der Waals surface area contributed by atoms with E-state index in [0.29, 0.717) is 21.5 Å². The number of hydrogen-bond acceptors (Lipinski definition) is 3. The second kappa shape index (κ2) is 8.85. The summed E-state index contributed by atoms with van der Waals surface area (Å²) in [5.74, 6) is -0.423. The summed E-state index contributed by atoms with van der Waals surface area (Å²) >= 11 is 0. The molecule has 0 heterocycles. The van der Waals surface area contributed by atoms with Gasteiger partial charge in [0.15, 0.2) is 7.14 Å². The van der Waals surface area contributed by atoms with E-state index in [2.05, 4.69) is 6.92 Å². The van der Waals surface area contributed by atoms with Crippen molar-refractivity contribution in [2.45, 2.75) is 32.3 Å². The van der Waals surface area contributed by atoms with E-state index in [1.807, 2.05) is 72.8 Å². The molecule has 0 aromatic heterocycles. The molecule has 3 nitrogen and oxygen atoms in total. The molecule has 0 fully saturated rings. The van der Waals surface area contributed by atoms with Crippen LogP contribution in [0.25, 0.3) is 0 Å². The minimum atomic E-state index is -3.25. The highest BCUT2D eigenvalue weighted by Crippen LogP contribution is 2.43. The molecule has 0 unspecified atom stereocenters. The third kappa shape index (κ3) is 4.04. The number of hydrogen-bond donors (Lipinski definition) is 0. The van der Waals surface area contributed by atoms with Gasteiger partial charge < -0.3 is 9.30 Å². The second-order valence-corrected chi connectivity index (χ2v) is 10.4. The van der Waals surface area contributed by atoms with Gasteiger partial charge in [-0.25, -0.2) is 4.79 Å². The lowest BCUT2D eigenvalue weighted by Gasteiger charge is -2.24. The van der Waals surface area contributed by atoms with Gasteiger partial charge in [-0.05, 0) is 44.4 Å². The first-order chi connectivity index (χ1) is 14.6. The number of ether oxygens (including phenoxy) is 1. The van der Waals surface area contributed by atoms with Crippen LogP contribution in [0.3, 0.4) is 0 Å². The normalized spacial score (nSPS) is 16.6. The van der Waals surface area contributed by atoms with Crippen LogP contribution in [-0.4, -0.2) is 12.1 Å². The first-order valence-corrected chi connectivity index (χ1v) is 12.0. The number of benzene rings is 3. The topological polar surface area (TPSA) is 43.4 Å². The van der Waals surface area contributed by atoms with Crippen LogP contribution in [0.4, 0.5) is 0 Å². The molecule has 0 spiro atoms. The summed E-state index contributed by atoms with van der Waals surface area (Å²) in [5, 5.41) is 1.92. The Bertz CT molecular complexity index is 1060. The van der Waals surface area contributed by atoms with E-state index in [-0.39, 0.29) is 6.10 Å². The largest absolute Gasteiger partial charge is 0.455 e. The van der Waals surface area contributed by atoms with Gasteiger partial charge in [0, 0.05) is 15.9 Å². The van der Waals surface area contributed by atoms with Gasteiger partial charge in [0.05, 0.1) is 5.56 Å². The van der Waals surface area contributed by atoms with Gasteiger partial charge in [-0.15, -0.1) is 0 Å². The Morgan fingerprint density at radius 2 is 1.43 bits per heavy atom. The molecule has 0 bridgehead atoms. The molecule has 1 atom stereocenters. The Kier molecular flexibility index (Phi) is 6.01. The fourth-order valence-corrected chi connectivity index (χ4v) is 6.82. The second-order valence-electron chi connectivity index (χ2n) is 7.65. The van der Waals surface area contributed by atoms with Crippen molar-refractivity contribution in [3.05, 3.63) is 102 Å².